The van der Waals surface area contributed by atoms with Crippen molar-refractivity contribution < 1.29 is 0 Å². The van der Waals surface area contributed by atoms with Gasteiger partial charge in [-0.05, 0) is 27.7 Å². The summed E-state index contributed by atoms with van der Waals surface area (Å²) in [5, 5.41) is 11.8. The van der Waals surface area contributed by atoms with Gasteiger partial charge in [-0.25, -0.2) is 4.98 Å². The maximum atomic E-state index is 4.53. The molecule has 0 aliphatic heterocycles. The molecule has 17 heavy (non-hydrogen) atoms. The van der Waals surface area contributed by atoms with Gasteiger partial charge in [-0.15, -0.1) is 11.3 Å². The summed E-state index contributed by atoms with van der Waals surface area (Å²) in [5.41, 5.74) is 0.997. The van der Waals surface area contributed by atoms with Crippen molar-refractivity contribution in [2.24, 2.45) is 0 Å². The molecule has 0 saturated carbocycles. The van der Waals surface area contributed by atoms with Gasteiger partial charge < -0.3 is 10.6 Å². The number of anilines is 2. The lowest BCUT2D eigenvalue weighted by Crippen LogP contribution is -2.16. The van der Waals surface area contributed by atoms with Crippen LogP contribution in [0.15, 0.2) is 10.8 Å². The zero-order valence-corrected chi connectivity index (χ0v) is 11.4. The molecule has 4 nitrogen and oxygen atoms in total. The summed E-state index contributed by atoms with van der Waals surface area (Å²) in [7, 11) is 0. The predicted molar refractivity (Wildman–Crippen MR) is 74.9 cm³/mol. The van der Waals surface area contributed by atoms with Crippen LogP contribution in [0.1, 0.15) is 27.7 Å². The number of hydrogen-bond acceptors (Lipinski definition) is 5. The molecule has 0 aromatic carbocycles. The molecule has 2 N–H and O–H groups in total. The number of fused-ring (bicyclic) bond motifs is 1. The van der Waals surface area contributed by atoms with E-state index in [2.05, 4.69) is 53.7 Å². The number of rotatable bonds is 4. The Morgan fingerprint density at radius 1 is 1.00 bits per heavy atom. The van der Waals surface area contributed by atoms with Crippen LogP contribution >= 0.6 is 11.3 Å². The fraction of sp³-hybridized carbons (Fsp3) is 0.500. The SMILES string of the molecule is CC(C)Nc1nc(NC(C)C)c2cscc2n1. The topological polar surface area (TPSA) is 49.8 Å². The Hall–Kier alpha value is -1.36. The summed E-state index contributed by atoms with van der Waals surface area (Å²) >= 11 is 1.65. The van der Waals surface area contributed by atoms with Gasteiger partial charge in [0.05, 0.1) is 10.9 Å². The molecule has 2 aromatic heterocycles. The van der Waals surface area contributed by atoms with E-state index < -0.39 is 0 Å². The van der Waals surface area contributed by atoms with Crippen LogP contribution in [0.25, 0.3) is 10.9 Å². The first-order chi connectivity index (χ1) is 8.06. The average molecular weight is 250 g/mol. The Morgan fingerprint density at radius 2 is 1.71 bits per heavy atom. The number of nitrogens with one attached hydrogen (secondary N) is 2. The second kappa shape index (κ2) is 4.87. The highest BCUT2D eigenvalue weighted by Crippen LogP contribution is 2.26. The highest BCUT2D eigenvalue weighted by molar-refractivity contribution is 7.09. The third-order valence-corrected chi connectivity index (χ3v) is 2.91. The molecule has 0 spiro atoms. The van der Waals surface area contributed by atoms with E-state index in [0.29, 0.717) is 18.0 Å². The fourth-order valence-corrected chi connectivity index (χ4v) is 2.31. The predicted octanol–water partition coefficient (Wildman–Crippen LogP) is 3.33. The molecule has 2 heterocycles. The van der Waals surface area contributed by atoms with Crippen molar-refractivity contribution in [2.75, 3.05) is 10.6 Å². The Kier molecular flexibility index (Phi) is 3.47. The third kappa shape index (κ3) is 2.85. The fourth-order valence-electron chi connectivity index (χ4n) is 1.57. The molecule has 2 rings (SSSR count). The van der Waals surface area contributed by atoms with Crippen molar-refractivity contribution in [2.45, 2.75) is 39.8 Å². The second-order valence-electron chi connectivity index (χ2n) is 4.66. The van der Waals surface area contributed by atoms with Gasteiger partial charge in [-0.1, -0.05) is 0 Å². The molecule has 0 unspecified atom stereocenters. The first-order valence-electron chi connectivity index (χ1n) is 5.83. The first kappa shape index (κ1) is 12.1. The molecule has 0 aliphatic rings. The molecule has 5 heteroatoms. The molecule has 0 bridgehead atoms. The summed E-state index contributed by atoms with van der Waals surface area (Å²) in [5.74, 6) is 1.60. The molecule has 92 valence electrons. The van der Waals surface area contributed by atoms with E-state index >= 15 is 0 Å². The summed E-state index contributed by atoms with van der Waals surface area (Å²) in [6, 6.07) is 0.692. The standard InChI is InChI=1S/C12H18N4S/c1-7(2)13-11-9-5-17-6-10(9)15-12(16-11)14-8(3)4/h5-8H,1-4H3,(H2,13,14,15,16). The zero-order chi connectivity index (χ0) is 12.4. The summed E-state index contributed by atoms with van der Waals surface area (Å²) in [4.78, 5) is 9.02. The normalized spacial score (nSPS) is 11.4. The molecular formula is C12H18N4S. The van der Waals surface area contributed by atoms with E-state index in [9.17, 15) is 0 Å². The van der Waals surface area contributed by atoms with Gasteiger partial charge in [0.1, 0.15) is 5.82 Å². The largest absolute Gasteiger partial charge is 0.367 e. The molecule has 0 fully saturated rings. The van der Waals surface area contributed by atoms with Crippen LogP contribution < -0.4 is 10.6 Å². The van der Waals surface area contributed by atoms with Crippen LogP contribution in [0.2, 0.25) is 0 Å². The first-order valence-corrected chi connectivity index (χ1v) is 6.77. The van der Waals surface area contributed by atoms with Gasteiger partial charge in [0, 0.05) is 22.8 Å². The van der Waals surface area contributed by atoms with E-state index in [1.807, 2.05) is 5.38 Å². The van der Waals surface area contributed by atoms with Gasteiger partial charge in [0.15, 0.2) is 0 Å². The maximum absolute atomic E-state index is 4.53. The summed E-state index contributed by atoms with van der Waals surface area (Å²) in [6.45, 7) is 8.37. The molecule has 2 aromatic rings. The van der Waals surface area contributed by atoms with Crippen LogP contribution in [-0.4, -0.2) is 22.1 Å². The van der Waals surface area contributed by atoms with Gasteiger partial charge in [0.25, 0.3) is 0 Å². The summed E-state index contributed by atoms with van der Waals surface area (Å²) in [6.07, 6.45) is 0. The molecular weight excluding hydrogens is 232 g/mol. The third-order valence-electron chi connectivity index (χ3n) is 2.18. The van der Waals surface area contributed by atoms with Crippen molar-refractivity contribution in [1.29, 1.82) is 0 Å². The molecule has 0 saturated heterocycles. The maximum Gasteiger partial charge on any atom is 0.225 e. The number of aromatic nitrogens is 2. The van der Waals surface area contributed by atoms with E-state index in [1.54, 1.807) is 11.3 Å². The number of hydrogen-bond donors (Lipinski definition) is 2. The molecule has 0 aliphatic carbocycles. The minimum atomic E-state index is 0.331. The Balaban J connectivity index is 2.43. The molecule has 0 atom stereocenters. The average Bonchev–Trinajstić information content (AvgIpc) is 2.63. The Bertz CT molecular complexity index is 504. The van der Waals surface area contributed by atoms with Crippen molar-refractivity contribution in [3.63, 3.8) is 0 Å². The van der Waals surface area contributed by atoms with Crippen molar-refractivity contribution >= 4 is 34.0 Å². The second-order valence-corrected chi connectivity index (χ2v) is 5.41. The Morgan fingerprint density at radius 3 is 2.35 bits per heavy atom. The van der Waals surface area contributed by atoms with Crippen molar-refractivity contribution in [3.05, 3.63) is 10.8 Å². The van der Waals surface area contributed by atoms with Crippen molar-refractivity contribution in [3.8, 4) is 0 Å². The minimum Gasteiger partial charge on any atom is -0.367 e. The summed E-state index contributed by atoms with van der Waals surface area (Å²) < 4.78 is 0. The van der Waals surface area contributed by atoms with Gasteiger partial charge in [-0.3, -0.25) is 0 Å². The van der Waals surface area contributed by atoms with Crippen LogP contribution in [0, 0.1) is 0 Å². The van der Waals surface area contributed by atoms with E-state index in [4.69, 9.17) is 0 Å². The van der Waals surface area contributed by atoms with Gasteiger partial charge in [0.2, 0.25) is 5.95 Å². The van der Waals surface area contributed by atoms with Crippen molar-refractivity contribution in [1.82, 2.24) is 9.97 Å². The highest BCUT2D eigenvalue weighted by Gasteiger charge is 2.09. The number of nitrogens with zero attached hydrogens (tertiary/aromatic N) is 2. The van der Waals surface area contributed by atoms with E-state index in [0.717, 1.165) is 16.7 Å². The Labute approximate surface area is 105 Å². The minimum absolute atomic E-state index is 0.331. The lowest BCUT2D eigenvalue weighted by atomic mass is 10.3. The van der Waals surface area contributed by atoms with Crippen LogP contribution in [0.5, 0.6) is 0 Å². The lowest BCUT2D eigenvalue weighted by molar-refractivity contribution is 0.867. The molecule has 0 radical (unpaired) electrons. The van der Waals surface area contributed by atoms with Gasteiger partial charge in [-0.2, -0.15) is 4.98 Å². The van der Waals surface area contributed by atoms with E-state index in [1.165, 1.54) is 0 Å². The zero-order valence-electron chi connectivity index (χ0n) is 10.6. The van der Waals surface area contributed by atoms with Crippen LogP contribution in [0.3, 0.4) is 0 Å². The monoisotopic (exact) mass is 250 g/mol. The lowest BCUT2D eigenvalue weighted by Gasteiger charge is -2.13. The van der Waals surface area contributed by atoms with Crippen LogP contribution in [-0.2, 0) is 0 Å². The molecule has 0 amide bonds. The van der Waals surface area contributed by atoms with E-state index in [-0.39, 0.29) is 0 Å². The quantitative estimate of drug-likeness (QED) is 0.874. The number of thiophene rings is 1. The van der Waals surface area contributed by atoms with Gasteiger partial charge >= 0.3 is 0 Å². The van der Waals surface area contributed by atoms with Crippen LogP contribution in [0.4, 0.5) is 11.8 Å². The highest BCUT2D eigenvalue weighted by atomic mass is 32.1. The smallest absolute Gasteiger partial charge is 0.225 e.